The van der Waals surface area contributed by atoms with Crippen molar-refractivity contribution in [2.45, 2.75) is 51.3 Å². The first-order valence-corrected chi connectivity index (χ1v) is 8.15. The van der Waals surface area contributed by atoms with Gasteiger partial charge >= 0.3 is 0 Å². The maximum absolute atomic E-state index is 5.99. The van der Waals surface area contributed by atoms with Crippen molar-refractivity contribution in [1.29, 1.82) is 0 Å². The largest absolute Gasteiger partial charge is 0.383 e. The summed E-state index contributed by atoms with van der Waals surface area (Å²) in [7, 11) is 0. The van der Waals surface area contributed by atoms with Crippen LogP contribution in [-0.4, -0.2) is 9.81 Å². The van der Waals surface area contributed by atoms with E-state index < -0.39 is 0 Å². The minimum atomic E-state index is 0.255. The molecular weight excluding hydrogens is 300 g/mol. The molecule has 1 fully saturated rings. The van der Waals surface area contributed by atoms with Crippen LogP contribution in [0.1, 0.15) is 45.6 Å². The maximum Gasteiger partial charge on any atom is 0.126 e. The topological polar surface area (TPSA) is 38.9 Å². The smallest absolute Gasteiger partial charge is 0.126 e. The van der Waals surface area contributed by atoms with Crippen LogP contribution in [0.15, 0.2) is 18.3 Å². The van der Waals surface area contributed by atoms with Crippen LogP contribution in [0, 0.1) is 17.3 Å². The van der Waals surface area contributed by atoms with Crippen LogP contribution in [0.3, 0.4) is 0 Å². The number of hydrogen-bond acceptors (Lipinski definition) is 2. The second kappa shape index (κ2) is 5.82. The molecule has 1 aromatic rings. The molecule has 1 heterocycles. The normalized spacial score (nSPS) is 28.3. The molecule has 1 saturated carbocycles. The summed E-state index contributed by atoms with van der Waals surface area (Å²) in [5.41, 5.74) is 7.43. The summed E-state index contributed by atoms with van der Waals surface area (Å²) in [5, 5.41) is 0. The first-order valence-electron chi connectivity index (χ1n) is 7.23. The molecule has 0 spiro atoms. The number of halogens is 1. The van der Waals surface area contributed by atoms with Crippen LogP contribution < -0.4 is 5.73 Å². The minimum Gasteiger partial charge on any atom is -0.383 e. The van der Waals surface area contributed by atoms with Crippen LogP contribution in [-0.2, 0) is 6.42 Å². The number of rotatable bonds is 3. The molecule has 0 saturated heterocycles. The third-order valence-electron chi connectivity index (χ3n) is 4.61. The molecule has 0 bridgehead atoms. The number of pyridine rings is 1. The molecule has 19 heavy (non-hydrogen) atoms. The summed E-state index contributed by atoms with van der Waals surface area (Å²) < 4.78 is 0. The Morgan fingerprint density at radius 3 is 2.79 bits per heavy atom. The van der Waals surface area contributed by atoms with E-state index in [1.54, 1.807) is 6.20 Å². The fourth-order valence-corrected chi connectivity index (χ4v) is 5.03. The van der Waals surface area contributed by atoms with Gasteiger partial charge in [-0.05, 0) is 48.1 Å². The van der Waals surface area contributed by atoms with Crippen LogP contribution in [0.4, 0.5) is 5.82 Å². The van der Waals surface area contributed by atoms with Crippen molar-refractivity contribution >= 4 is 21.7 Å². The van der Waals surface area contributed by atoms with Gasteiger partial charge in [-0.1, -0.05) is 49.2 Å². The van der Waals surface area contributed by atoms with Crippen molar-refractivity contribution in [3.63, 3.8) is 0 Å². The van der Waals surface area contributed by atoms with Gasteiger partial charge in [0.2, 0.25) is 0 Å². The van der Waals surface area contributed by atoms with E-state index in [4.69, 9.17) is 5.73 Å². The predicted octanol–water partition coefficient (Wildman–Crippen LogP) is 4.43. The highest BCUT2D eigenvalue weighted by Crippen LogP contribution is 2.45. The molecule has 0 amide bonds. The molecule has 0 radical (unpaired) electrons. The molecule has 3 atom stereocenters. The monoisotopic (exact) mass is 324 g/mol. The Balaban J connectivity index is 2.12. The van der Waals surface area contributed by atoms with Crippen LogP contribution >= 0.6 is 15.9 Å². The molecule has 0 aromatic carbocycles. The Labute approximate surface area is 125 Å². The van der Waals surface area contributed by atoms with E-state index >= 15 is 0 Å². The highest BCUT2D eigenvalue weighted by atomic mass is 79.9. The Bertz CT molecular complexity index is 431. The molecule has 2 nitrogen and oxygen atoms in total. The van der Waals surface area contributed by atoms with E-state index in [0.717, 1.165) is 12.3 Å². The summed E-state index contributed by atoms with van der Waals surface area (Å²) in [6.07, 6.45) is 6.72. The zero-order chi connectivity index (χ0) is 14.0. The van der Waals surface area contributed by atoms with E-state index in [1.165, 1.54) is 24.8 Å². The number of nitrogens with two attached hydrogens (primary N) is 1. The lowest BCUT2D eigenvalue weighted by Crippen LogP contribution is -2.37. The summed E-state index contributed by atoms with van der Waals surface area (Å²) >= 11 is 3.92. The number of aromatic nitrogens is 1. The van der Waals surface area contributed by atoms with Crippen molar-refractivity contribution in [2.75, 3.05) is 5.73 Å². The third kappa shape index (κ3) is 3.50. The van der Waals surface area contributed by atoms with Gasteiger partial charge in [-0.2, -0.15) is 0 Å². The molecule has 1 aliphatic carbocycles. The summed E-state index contributed by atoms with van der Waals surface area (Å²) in [4.78, 5) is 4.83. The average molecular weight is 325 g/mol. The first-order chi connectivity index (χ1) is 8.90. The van der Waals surface area contributed by atoms with E-state index in [9.17, 15) is 0 Å². The van der Waals surface area contributed by atoms with E-state index in [1.807, 2.05) is 6.07 Å². The molecule has 106 valence electrons. The van der Waals surface area contributed by atoms with Gasteiger partial charge in [0.15, 0.2) is 0 Å². The average Bonchev–Trinajstić information content (AvgIpc) is 2.31. The van der Waals surface area contributed by atoms with E-state index in [2.05, 4.69) is 47.8 Å². The van der Waals surface area contributed by atoms with Gasteiger partial charge in [-0.15, -0.1) is 0 Å². The van der Waals surface area contributed by atoms with Crippen LogP contribution in [0.2, 0.25) is 0 Å². The number of nitrogens with zero attached hydrogens (tertiary/aromatic N) is 1. The number of hydrogen-bond donors (Lipinski definition) is 1. The fraction of sp³-hybridized carbons (Fsp3) is 0.688. The molecule has 1 aromatic heterocycles. The summed E-state index contributed by atoms with van der Waals surface area (Å²) in [6.45, 7) is 7.10. The molecule has 3 unspecified atom stereocenters. The Morgan fingerprint density at radius 1 is 1.42 bits per heavy atom. The molecule has 2 N–H and O–H groups in total. The third-order valence-corrected chi connectivity index (χ3v) is 5.62. The summed E-state index contributed by atoms with van der Waals surface area (Å²) in [5.74, 6) is 2.24. The van der Waals surface area contributed by atoms with Crippen molar-refractivity contribution in [1.82, 2.24) is 4.98 Å². The van der Waals surface area contributed by atoms with Gasteiger partial charge in [-0.25, -0.2) is 4.98 Å². The van der Waals surface area contributed by atoms with Crippen LogP contribution in [0.5, 0.6) is 0 Å². The highest BCUT2D eigenvalue weighted by molar-refractivity contribution is 9.09. The highest BCUT2D eigenvalue weighted by Gasteiger charge is 2.38. The predicted molar refractivity (Wildman–Crippen MR) is 85.4 cm³/mol. The van der Waals surface area contributed by atoms with Crippen molar-refractivity contribution in [2.24, 2.45) is 17.3 Å². The molecule has 1 aliphatic rings. The SMILES string of the molecule is CC1CCC(C(C)(C)Cc2cccnc2N)C(Br)C1. The zero-order valence-electron chi connectivity index (χ0n) is 12.2. The molecule has 0 aliphatic heterocycles. The second-order valence-corrected chi connectivity index (χ2v) is 7.93. The minimum absolute atomic E-state index is 0.255. The van der Waals surface area contributed by atoms with Gasteiger partial charge in [0.1, 0.15) is 5.82 Å². The van der Waals surface area contributed by atoms with Gasteiger partial charge in [-0.3, -0.25) is 0 Å². The van der Waals surface area contributed by atoms with E-state index in [-0.39, 0.29) is 5.41 Å². The lowest BCUT2D eigenvalue weighted by Gasteiger charge is -2.42. The van der Waals surface area contributed by atoms with Gasteiger partial charge in [0.05, 0.1) is 0 Å². The van der Waals surface area contributed by atoms with Gasteiger partial charge < -0.3 is 5.73 Å². The zero-order valence-corrected chi connectivity index (χ0v) is 13.8. The lowest BCUT2D eigenvalue weighted by molar-refractivity contribution is 0.147. The quantitative estimate of drug-likeness (QED) is 0.835. The molecular formula is C16H25BrN2. The second-order valence-electron chi connectivity index (χ2n) is 6.75. The lowest BCUT2D eigenvalue weighted by atomic mass is 9.66. The number of alkyl halides is 1. The van der Waals surface area contributed by atoms with Gasteiger partial charge in [0.25, 0.3) is 0 Å². The number of anilines is 1. The van der Waals surface area contributed by atoms with Crippen molar-refractivity contribution in [3.8, 4) is 0 Å². The van der Waals surface area contributed by atoms with Crippen molar-refractivity contribution in [3.05, 3.63) is 23.9 Å². The maximum atomic E-state index is 5.99. The van der Waals surface area contributed by atoms with Crippen LogP contribution in [0.25, 0.3) is 0 Å². The fourth-order valence-electron chi connectivity index (χ4n) is 3.41. The number of nitrogen functional groups attached to an aromatic ring is 1. The molecule has 2 rings (SSSR count). The van der Waals surface area contributed by atoms with E-state index in [0.29, 0.717) is 16.6 Å². The standard InChI is InChI=1S/C16H25BrN2/c1-11-6-7-13(14(17)9-11)16(2,3)10-12-5-4-8-19-15(12)18/h4-5,8,11,13-14H,6-7,9-10H2,1-3H3,(H2,18,19). The summed E-state index contributed by atoms with van der Waals surface area (Å²) in [6, 6.07) is 4.09. The van der Waals surface area contributed by atoms with Gasteiger partial charge in [0, 0.05) is 11.0 Å². The first kappa shape index (κ1) is 14.8. The van der Waals surface area contributed by atoms with Crippen molar-refractivity contribution < 1.29 is 0 Å². The Kier molecular flexibility index (Phi) is 4.54. The molecule has 3 heteroatoms. The Hall–Kier alpha value is -0.570. The Morgan fingerprint density at radius 2 is 2.16 bits per heavy atom.